The second kappa shape index (κ2) is 9.22. The Labute approximate surface area is 154 Å². The second-order valence-corrected chi connectivity index (χ2v) is 6.66. The number of rotatable bonds is 7. The highest BCUT2D eigenvalue weighted by Gasteiger charge is 2.15. The lowest BCUT2D eigenvalue weighted by atomic mass is 10.1. The molecule has 0 unspecified atom stereocenters. The molecule has 0 saturated carbocycles. The van der Waals surface area contributed by atoms with Crippen molar-refractivity contribution in [2.24, 2.45) is 0 Å². The van der Waals surface area contributed by atoms with Crippen molar-refractivity contribution in [1.82, 2.24) is 10.2 Å². The minimum absolute atomic E-state index is 0.00332. The van der Waals surface area contributed by atoms with Crippen LogP contribution in [0.3, 0.4) is 0 Å². The normalized spacial score (nSPS) is 14.9. The zero-order valence-corrected chi connectivity index (χ0v) is 15.1. The molecule has 2 aromatic carbocycles. The van der Waals surface area contributed by atoms with Crippen LogP contribution in [0.2, 0.25) is 0 Å². The molecule has 2 aromatic rings. The number of likely N-dealkylation sites (tertiary alicyclic amines) is 1. The minimum Gasteiger partial charge on any atom is -0.483 e. The Morgan fingerprint density at radius 1 is 1.08 bits per heavy atom. The zero-order valence-electron chi connectivity index (χ0n) is 15.1. The fraction of sp³-hybridized carbons (Fsp3) is 0.429. The molecule has 5 nitrogen and oxygen atoms in total. The number of ether oxygens (including phenoxy) is 1. The lowest BCUT2D eigenvalue weighted by Gasteiger charge is -2.20. The number of amides is 2. The maximum atomic E-state index is 12.0. The summed E-state index contributed by atoms with van der Waals surface area (Å²) in [5.41, 5.74) is 0. The summed E-state index contributed by atoms with van der Waals surface area (Å²) in [6.45, 7) is 2.11. The maximum Gasteiger partial charge on any atom is 0.257 e. The smallest absolute Gasteiger partial charge is 0.257 e. The number of nitrogens with zero attached hydrogens (tertiary/aromatic N) is 1. The number of nitrogens with one attached hydrogen (secondary N) is 1. The Kier molecular flexibility index (Phi) is 6.47. The van der Waals surface area contributed by atoms with Crippen LogP contribution in [0.15, 0.2) is 42.5 Å². The largest absolute Gasteiger partial charge is 0.483 e. The molecule has 0 aromatic heterocycles. The van der Waals surface area contributed by atoms with Crippen molar-refractivity contribution in [2.75, 3.05) is 26.2 Å². The van der Waals surface area contributed by atoms with Crippen molar-refractivity contribution in [3.8, 4) is 5.75 Å². The Morgan fingerprint density at radius 2 is 1.92 bits per heavy atom. The Bertz CT molecular complexity index is 755. The molecule has 2 amide bonds. The van der Waals surface area contributed by atoms with Crippen molar-refractivity contribution < 1.29 is 14.3 Å². The van der Waals surface area contributed by atoms with Crippen LogP contribution in [-0.2, 0) is 9.59 Å². The first kappa shape index (κ1) is 18.2. The van der Waals surface area contributed by atoms with Crippen molar-refractivity contribution in [2.45, 2.75) is 32.1 Å². The van der Waals surface area contributed by atoms with Gasteiger partial charge < -0.3 is 15.0 Å². The van der Waals surface area contributed by atoms with Gasteiger partial charge in [0.15, 0.2) is 6.61 Å². The molecule has 1 aliphatic heterocycles. The highest BCUT2D eigenvalue weighted by atomic mass is 16.5. The highest BCUT2D eigenvalue weighted by molar-refractivity contribution is 5.88. The summed E-state index contributed by atoms with van der Waals surface area (Å²) < 4.78 is 5.69. The molecule has 1 heterocycles. The van der Waals surface area contributed by atoms with Gasteiger partial charge >= 0.3 is 0 Å². The van der Waals surface area contributed by atoms with Gasteiger partial charge in [-0.2, -0.15) is 0 Å². The van der Waals surface area contributed by atoms with Gasteiger partial charge in [0.05, 0.1) is 0 Å². The van der Waals surface area contributed by atoms with E-state index in [-0.39, 0.29) is 18.4 Å². The summed E-state index contributed by atoms with van der Waals surface area (Å²) in [5.74, 6) is 0.821. The second-order valence-electron chi connectivity index (χ2n) is 6.66. The molecule has 1 aliphatic rings. The fourth-order valence-electron chi connectivity index (χ4n) is 3.29. The molecule has 0 atom stereocenters. The summed E-state index contributed by atoms with van der Waals surface area (Å²) in [5, 5.41) is 4.96. The Balaban J connectivity index is 1.39. The summed E-state index contributed by atoms with van der Waals surface area (Å²) in [4.78, 5) is 25.9. The molecular formula is C21H26N2O3. The van der Waals surface area contributed by atoms with Gasteiger partial charge in [0, 0.05) is 31.4 Å². The molecule has 26 heavy (non-hydrogen) atoms. The topological polar surface area (TPSA) is 58.6 Å². The van der Waals surface area contributed by atoms with Crippen LogP contribution in [-0.4, -0.2) is 43.0 Å². The Morgan fingerprint density at radius 3 is 2.85 bits per heavy atom. The van der Waals surface area contributed by atoms with Crippen LogP contribution in [0.5, 0.6) is 5.75 Å². The third kappa shape index (κ3) is 4.97. The summed E-state index contributed by atoms with van der Waals surface area (Å²) in [7, 11) is 0. The molecule has 1 fully saturated rings. The van der Waals surface area contributed by atoms with E-state index in [2.05, 4.69) is 5.32 Å². The van der Waals surface area contributed by atoms with Crippen LogP contribution in [0.4, 0.5) is 0 Å². The Hall–Kier alpha value is -2.56. The van der Waals surface area contributed by atoms with E-state index in [1.54, 1.807) is 0 Å². The van der Waals surface area contributed by atoms with E-state index in [1.807, 2.05) is 47.4 Å². The molecule has 0 bridgehead atoms. The van der Waals surface area contributed by atoms with E-state index in [1.165, 1.54) is 0 Å². The van der Waals surface area contributed by atoms with E-state index >= 15 is 0 Å². The summed E-state index contributed by atoms with van der Waals surface area (Å²) >= 11 is 0. The first-order chi connectivity index (χ1) is 12.7. The van der Waals surface area contributed by atoms with E-state index in [0.29, 0.717) is 25.3 Å². The average molecular weight is 354 g/mol. The van der Waals surface area contributed by atoms with Gasteiger partial charge in [-0.1, -0.05) is 42.8 Å². The average Bonchev–Trinajstić information content (AvgIpc) is 2.87. The lowest BCUT2D eigenvalue weighted by Crippen LogP contribution is -2.35. The first-order valence-electron chi connectivity index (χ1n) is 9.39. The van der Waals surface area contributed by atoms with E-state index in [4.69, 9.17) is 4.74 Å². The van der Waals surface area contributed by atoms with E-state index in [0.717, 1.165) is 43.0 Å². The lowest BCUT2D eigenvalue weighted by molar-refractivity contribution is -0.130. The number of hydrogen-bond donors (Lipinski definition) is 1. The number of benzene rings is 2. The van der Waals surface area contributed by atoms with Crippen molar-refractivity contribution in [1.29, 1.82) is 0 Å². The molecule has 5 heteroatoms. The van der Waals surface area contributed by atoms with Gasteiger partial charge in [-0.15, -0.1) is 0 Å². The molecular weight excluding hydrogens is 328 g/mol. The van der Waals surface area contributed by atoms with Crippen LogP contribution in [0.25, 0.3) is 10.8 Å². The molecule has 138 valence electrons. The van der Waals surface area contributed by atoms with Crippen LogP contribution >= 0.6 is 0 Å². The van der Waals surface area contributed by atoms with E-state index < -0.39 is 0 Å². The predicted molar refractivity (Wildman–Crippen MR) is 102 cm³/mol. The SMILES string of the molecule is O=C(COc1cccc2ccccc12)NCCCN1CCCCCC1=O. The van der Waals surface area contributed by atoms with Gasteiger partial charge in [-0.05, 0) is 30.7 Å². The minimum atomic E-state index is -0.139. The summed E-state index contributed by atoms with van der Waals surface area (Å²) in [6, 6.07) is 13.8. The van der Waals surface area contributed by atoms with Crippen molar-refractivity contribution >= 4 is 22.6 Å². The van der Waals surface area contributed by atoms with Crippen LogP contribution in [0.1, 0.15) is 32.1 Å². The third-order valence-corrected chi connectivity index (χ3v) is 4.71. The van der Waals surface area contributed by atoms with Gasteiger partial charge in [0.25, 0.3) is 5.91 Å². The molecule has 1 N–H and O–H groups in total. The number of carbonyl (C=O) groups excluding carboxylic acids is 2. The maximum absolute atomic E-state index is 12.0. The third-order valence-electron chi connectivity index (χ3n) is 4.71. The molecule has 0 radical (unpaired) electrons. The van der Waals surface area contributed by atoms with Gasteiger partial charge in [0.2, 0.25) is 5.91 Å². The molecule has 0 spiro atoms. The number of hydrogen-bond acceptors (Lipinski definition) is 3. The monoisotopic (exact) mass is 354 g/mol. The van der Waals surface area contributed by atoms with Crippen molar-refractivity contribution in [3.05, 3.63) is 42.5 Å². The summed E-state index contributed by atoms with van der Waals surface area (Å²) in [6.07, 6.45) is 4.63. The van der Waals surface area contributed by atoms with Crippen molar-refractivity contribution in [3.63, 3.8) is 0 Å². The zero-order chi connectivity index (χ0) is 18.2. The van der Waals surface area contributed by atoms with E-state index in [9.17, 15) is 9.59 Å². The quantitative estimate of drug-likeness (QED) is 0.777. The number of fused-ring (bicyclic) bond motifs is 1. The first-order valence-corrected chi connectivity index (χ1v) is 9.39. The van der Waals surface area contributed by atoms with Gasteiger partial charge in [0.1, 0.15) is 5.75 Å². The van der Waals surface area contributed by atoms with Crippen LogP contribution < -0.4 is 10.1 Å². The predicted octanol–water partition coefficient (Wildman–Crippen LogP) is 3.13. The highest BCUT2D eigenvalue weighted by Crippen LogP contribution is 2.24. The van der Waals surface area contributed by atoms with Crippen LogP contribution in [0, 0.1) is 0 Å². The fourth-order valence-corrected chi connectivity index (χ4v) is 3.29. The standard InChI is InChI=1S/C21H26N2O3/c24-20(22-13-7-15-23-14-5-1-2-12-21(23)25)16-26-19-11-6-9-17-8-3-4-10-18(17)19/h3-4,6,8-11H,1-2,5,7,12-16H2,(H,22,24). The molecule has 3 rings (SSSR count). The number of carbonyl (C=O) groups is 2. The van der Waals surface area contributed by atoms with Gasteiger partial charge in [-0.25, -0.2) is 0 Å². The van der Waals surface area contributed by atoms with Gasteiger partial charge in [-0.3, -0.25) is 9.59 Å². The molecule has 0 aliphatic carbocycles. The molecule has 1 saturated heterocycles.